The first kappa shape index (κ1) is 17.1. The van der Waals surface area contributed by atoms with Gasteiger partial charge >= 0.3 is 5.97 Å². The molecule has 1 rings (SSSR count). The van der Waals surface area contributed by atoms with Crippen molar-refractivity contribution in [2.45, 2.75) is 20.3 Å². The van der Waals surface area contributed by atoms with Crippen LogP contribution in [0.1, 0.15) is 25.8 Å². The van der Waals surface area contributed by atoms with Crippen molar-refractivity contribution >= 4 is 12.0 Å². The molecule has 0 fully saturated rings. The molecule has 0 aliphatic carbocycles. The predicted octanol–water partition coefficient (Wildman–Crippen LogP) is 3.30. The SMILES string of the molecule is COc1ccc(C=CC(=O)OCCC(C)C)cc1.[Ne]. The third-order valence-corrected chi connectivity index (χ3v) is 2.47. The molecule has 4 heteroatoms. The van der Waals surface area contributed by atoms with E-state index in [4.69, 9.17) is 9.47 Å². The Balaban J connectivity index is 0.00000324. The Morgan fingerprint density at radius 2 is 1.89 bits per heavy atom. The predicted molar refractivity (Wildman–Crippen MR) is 72.4 cm³/mol. The van der Waals surface area contributed by atoms with E-state index in [1.165, 1.54) is 6.08 Å². The number of rotatable bonds is 6. The van der Waals surface area contributed by atoms with Gasteiger partial charge < -0.3 is 9.47 Å². The van der Waals surface area contributed by atoms with E-state index in [2.05, 4.69) is 13.8 Å². The van der Waals surface area contributed by atoms with Gasteiger partial charge in [0.1, 0.15) is 5.75 Å². The van der Waals surface area contributed by atoms with Gasteiger partial charge in [0, 0.05) is 12.2 Å². The molecule has 0 unspecified atom stereocenters. The summed E-state index contributed by atoms with van der Waals surface area (Å²) in [5.74, 6) is 1.04. The summed E-state index contributed by atoms with van der Waals surface area (Å²) in [5.41, 5.74) is 0.941. The fourth-order valence-corrected chi connectivity index (χ4v) is 1.32. The van der Waals surface area contributed by atoms with Crippen LogP contribution in [0.25, 0.3) is 6.08 Å². The zero-order chi connectivity index (χ0) is 13.4. The molecule has 0 saturated carbocycles. The minimum atomic E-state index is -0.300. The second-order valence-electron chi connectivity index (χ2n) is 4.46. The number of carbonyl (C=O) groups is 1. The van der Waals surface area contributed by atoms with E-state index in [0.717, 1.165) is 17.7 Å². The van der Waals surface area contributed by atoms with Gasteiger partial charge in [-0.3, -0.25) is 0 Å². The van der Waals surface area contributed by atoms with E-state index in [1.807, 2.05) is 24.3 Å². The summed E-state index contributed by atoms with van der Waals surface area (Å²) in [7, 11) is 1.62. The zero-order valence-electron chi connectivity index (χ0n) is 11.5. The topological polar surface area (TPSA) is 35.5 Å². The van der Waals surface area contributed by atoms with E-state index < -0.39 is 0 Å². The standard InChI is InChI=1S/C15H20O3.Ne/c1-12(2)10-11-18-15(16)9-6-13-4-7-14(17-3)8-5-13;/h4-9,12H,10-11H2,1-3H3;. The molecule has 0 spiro atoms. The summed E-state index contributed by atoms with van der Waals surface area (Å²) >= 11 is 0. The van der Waals surface area contributed by atoms with Crippen molar-refractivity contribution < 1.29 is 20.4 Å². The Labute approximate surface area is 115 Å². The van der Waals surface area contributed by atoms with Gasteiger partial charge in [-0.15, -0.1) is 0 Å². The van der Waals surface area contributed by atoms with Crippen LogP contribution in [0.5, 0.6) is 5.75 Å². The van der Waals surface area contributed by atoms with Gasteiger partial charge in [-0.2, -0.15) is 0 Å². The second kappa shape index (κ2) is 9.12. The smallest absolute Gasteiger partial charge is 0.330 e. The molecule has 0 aliphatic rings. The van der Waals surface area contributed by atoms with Crippen molar-refractivity contribution in [3.05, 3.63) is 35.9 Å². The Morgan fingerprint density at radius 1 is 1.26 bits per heavy atom. The van der Waals surface area contributed by atoms with E-state index in [-0.39, 0.29) is 12.1 Å². The Morgan fingerprint density at radius 3 is 2.42 bits per heavy atom. The van der Waals surface area contributed by atoms with Gasteiger partial charge in [0.2, 0.25) is 0 Å². The van der Waals surface area contributed by atoms with E-state index in [1.54, 1.807) is 13.2 Å². The number of methoxy groups -OCH3 is 1. The summed E-state index contributed by atoms with van der Waals surface area (Å²) < 4.78 is 10.1. The zero-order valence-corrected chi connectivity index (χ0v) is 11.5. The summed E-state index contributed by atoms with van der Waals surface area (Å²) in [6, 6.07) is 7.47. The molecule has 3 nitrogen and oxygen atoms in total. The maximum atomic E-state index is 11.4. The van der Waals surface area contributed by atoms with Gasteiger partial charge in [-0.1, -0.05) is 26.0 Å². The quantitative estimate of drug-likeness (QED) is 0.586. The average molecular weight is 269 g/mol. The van der Waals surface area contributed by atoms with E-state index >= 15 is 0 Å². The molecular formula is C15H20NeO3. The molecule has 0 N–H and O–H groups in total. The van der Waals surface area contributed by atoms with Crippen molar-refractivity contribution in [3.63, 3.8) is 0 Å². The van der Waals surface area contributed by atoms with E-state index in [0.29, 0.717) is 12.5 Å². The van der Waals surface area contributed by atoms with Crippen LogP contribution in [0.3, 0.4) is 0 Å². The molecule has 0 bridgehead atoms. The monoisotopic (exact) mass is 268 g/mol. The van der Waals surface area contributed by atoms with Crippen LogP contribution >= 0.6 is 0 Å². The molecule has 0 radical (unpaired) electrons. The van der Waals surface area contributed by atoms with Gasteiger partial charge in [0.25, 0.3) is 0 Å². The molecule has 0 atom stereocenters. The van der Waals surface area contributed by atoms with Crippen LogP contribution in [-0.4, -0.2) is 19.7 Å². The van der Waals surface area contributed by atoms with Crippen LogP contribution in [0.15, 0.2) is 30.3 Å². The number of esters is 1. The number of benzene rings is 1. The average Bonchev–Trinajstić information content (AvgIpc) is 2.36. The molecule has 0 aromatic heterocycles. The van der Waals surface area contributed by atoms with Crippen molar-refractivity contribution in [2.75, 3.05) is 13.7 Å². The molecule has 1 aromatic rings. The largest absolute Gasteiger partial charge is 0.497 e. The summed E-state index contributed by atoms with van der Waals surface area (Å²) in [6.07, 6.45) is 4.07. The Kier molecular flexibility index (Phi) is 8.23. The van der Waals surface area contributed by atoms with Gasteiger partial charge in [0.15, 0.2) is 0 Å². The molecule has 0 heterocycles. The van der Waals surface area contributed by atoms with E-state index in [9.17, 15) is 4.79 Å². The van der Waals surface area contributed by atoms with Crippen molar-refractivity contribution in [2.24, 2.45) is 5.92 Å². The number of hydrogen-bond acceptors (Lipinski definition) is 3. The fourth-order valence-electron chi connectivity index (χ4n) is 1.32. The first-order valence-corrected chi connectivity index (χ1v) is 6.10. The first-order valence-electron chi connectivity index (χ1n) is 6.10. The Hall–Kier alpha value is -1.86. The van der Waals surface area contributed by atoms with Crippen molar-refractivity contribution in [1.29, 1.82) is 0 Å². The van der Waals surface area contributed by atoms with Crippen LogP contribution < -0.4 is 4.74 Å². The molecule has 0 saturated heterocycles. The number of carbonyl (C=O) groups excluding carboxylic acids is 1. The molecule has 0 aliphatic heterocycles. The Bertz CT molecular complexity index is 396. The normalized spacial score (nSPS) is 10.3. The van der Waals surface area contributed by atoms with Crippen LogP contribution in [-0.2, 0) is 9.53 Å². The van der Waals surface area contributed by atoms with Crippen LogP contribution in [0, 0.1) is 12.1 Å². The minimum absolute atomic E-state index is 0. The van der Waals surface area contributed by atoms with Crippen molar-refractivity contribution in [3.8, 4) is 5.75 Å². The fraction of sp³-hybridized carbons (Fsp3) is 0.400. The summed E-state index contributed by atoms with van der Waals surface area (Å²) in [4.78, 5) is 11.4. The second-order valence-corrected chi connectivity index (χ2v) is 4.46. The van der Waals surface area contributed by atoms with Gasteiger partial charge in [0.05, 0.1) is 13.7 Å². The first-order chi connectivity index (χ1) is 8.61. The van der Waals surface area contributed by atoms with Crippen molar-refractivity contribution in [1.82, 2.24) is 0 Å². The number of ether oxygens (including phenoxy) is 2. The maximum absolute atomic E-state index is 11.4. The van der Waals surface area contributed by atoms with Gasteiger partial charge in [-0.05, 0) is 36.1 Å². The third kappa shape index (κ3) is 7.22. The molecule has 19 heavy (non-hydrogen) atoms. The maximum Gasteiger partial charge on any atom is 0.330 e. The minimum Gasteiger partial charge on any atom is -0.497 e. The van der Waals surface area contributed by atoms with Gasteiger partial charge in [-0.25, -0.2) is 4.79 Å². The molecule has 1 aromatic carbocycles. The summed E-state index contributed by atoms with van der Waals surface area (Å²) in [6.45, 7) is 4.67. The number of hydrogen-bond donors (Lipinski definition) is 0. The summed E-state index contributed by atoms with van der Waals surface area (Å²) in [5, 5.41) is 0. The molecule has 106 valence electrons. The molecule has 0 amide bonds. The van der Waals surface area contributed by atoms with Crippen LogP contribution in [0.4, 0.5) is 0 Å². The van der Waals surface area contributed by atoms with Crippen LogP contribution in [0.2, 0.25) is 0 Å². The molecular weight excluding hydrogens is 248 g/mol. The third-order valence-electron chi connectivity index (χ3n) is 2.47.